The monoisotopic (exact) mass is 367 g/mol. The fourth-order valence-corrected chi connectivity index (χ4v) is 3.97. The molecule has 0 aliphatic rings. The quantitative estimate of drug-likeness (QED) is 0.621. The molecule has 0 unspecified atom stereocenters. The van der Waals surface area contributed by atoms with Crippen molar-refractivity contribution in [3.8, 4) is 0 Å². The van der Waals surface area contributed by atoms with Crippen LogP contribution in [-0.4, -0.2) is 29.3 Å². The molecule has 24 heavy (non-hydrogen) atoms. The van der Waals surface area contributed by atoms with Crippen LogP contribution < -0.4 is 17.0 Å². The number of unbranched alkanes of at least 4 members (excludes halogenated alkanes) is 1. The van der Waals surface area contributed by atoms with Crippen molar-refractivity contribution in [2.75, 3.05) is 5.73 Å². The summed E-state index contributed by atoms with van der Waals surface area (Å²) in [6.45, 7) is 2.57. The topological polar surface area (TPSA) is 124 Å². The average molecular weight is 367 g/mol. The molecule has 3 heterocycles. The van der Waals surface area contributed by atoms with Crippen LogP contribution in [0, 0.1) is 0 Å². The van der Waals surface area contributed by atoms with Crippen LogP contribution in [0.3, 0.4) is 0 Å². The Morgan fingerprint density at radius 1 is 1.33 bits per heavy atom. The Bertz CT molecular complexity index is 985. The molecule has 0 saturated heterocycles. The third kappa shape index (κ3) is 3.08. The fraction of sp³-hybridized carbons (Fsp3) is 0.462. The lowest BCUT2D eigenvalue weighted by Gasteiger charge is -2.04. The molecule has 0 amide bonds. The first-order chi connectivity index (χ1) is 11.5. The van der Waals surface area contributed by atoms with Gasteiger partial charge in [-0.1, -0.05) is 36.4 Å². The standard InChI is InChI=1S/C13H17N7O2S2/c1-3-4-5-20-9-8(10(21)16-12(20)22)19(2)7(15-9)6-23-13-18-17-11(14)24-13/h3-6H2,1-2H3,(H2,14,17)(H,16,21,22). The highest BCUT2D eigenvalue weighted by molar-refractivity contribution is 8.00. The molecule has 0 atom stereocenters. The minimum atomic E-state index is -0.422. The number of fused-ring (bicyclic) bond motifs is 1. The molecule has 0 bridgehead atoms. The summed E-state index contributed by atoms with van der Waals surface area (Å²) in [4.78, 5) is 31.1. The molecule has 3 rings (SSSR count). The third-order valence-corrected chi connectivity index (χ3v) is 5.47. The van der Waals surface area contributed by atoms with E-state index in [-0.39, 0.29) is 0 Å². The number of hydrogen-bond acceptors (Lipinski definition) is 8. The summed E-state index contributed by atoms with van der Waals surface area (Å²) < 4.78 is 3.97. The van der Waals surface area contributed by atoms with Crippen molar-refractivity contribution in [1.82, 2.24) is 29.3 Å². The predicted molar refractivity (Wildman–Crippen MR) is 94.4 cm³/mol. The maximum atomic E-state index is 12.2. The number of nitrogen functional groups attached to an aromatic ring is 1. The van der Waals surface area contributed by atoms with Gasteiger partial charge in [0, 0.05) is 13.6 Å². The molecular weight excluding hydrogens is 350 g/mol. The number of aryl methyl sites for hydroxylation is 2. The molecule has 0 aliphatic heterocycles. The van der Waals surface area contributed by atoms with E-state index in [1.165, 1.54) is 27.7 Å². The van der Waals surface area contributed by atoms with E-state index in [4.69, 9.17) is 5.73 Å². The lowest BCUT2D eigenvalue weighted by atomic mass is 10.3. The van der Waals surface area contributed by atoms with E-state index in [1.54, 1.807) is 11.6 Å². The maximum absolute atomic E-state index is 12.2. The van der Waals surface area contributed by atoms with E-state index < -0.39 is 11.2 Å². The summed E-state index contributed by atoms with van der Waals surface area (Å²) in [7, 11) is 1.77. The number of nitrogens with one attached hydrogen (secondary N) is 1. The van der Waals surface area contributed by atoms with E-state index in [0.29, 0.717) is 34.4 Å². The molecule has 9 nitrogen and oxygen atoms in total. The Labute approximate surface area is 144 Å². The fourth-order valence-electron chi connectivity index (χ4n) is 2.35. The predicted octanol–water partition coefficient (Wildman–Crippen LogP) is 0.949. The van der Waals surface area contributed by atoms with Crippen molar-refractivity contribution in [2.24, 2.45) is 7.05 Å². The number of rotatable bonds is 6. The molecule has 11 heteroatoms. The van der Waals surface area contributed by atoms with Crippen LogP contribution in [-0.2, 0) is 19.3 Å². The second kappa shape index (κ2) is 6.77. The summed E-state index contributed by atoms with van der Waals surface area (Å²) in [6.07, 6.45) is 1.78. The molecule has 0 saturated carbocycles. The maximum Gasteiger partial charge on any atom is 0.330 e. The number of thioether (sulfide) groups is 1. The number of nitrogens with zero attached hydrogens (tertiary/aromatic N) is 5. The van der Waals surface area contributed by atoms with Gasteiger partial charge in [-0.2, -0.15) is 0 Å². The molecular formula is C13H17N7O2S2. The first kappa shape index (κ1) is 16.7. The molecule has 0 aromatic carbocycles. The Morgan fingerprint density at radius 2 is 2.12 bits per heavy atom. The molecule has 3 N–H and O–H groups in total. The Kier molecular flexibility index (Phi) is 4.71. The van der Waals surface area contributed by atoms with E-state index in [9.17, 15) is 9.59 Å². The Hall–Kier alpha value is -2.14. The highest BCUT2D eigenvalue weighted by Gasteiger charge is 2.17. The third-order valence-electron chi connectivity index (χ3n) is 3.59. The highest BCUT2D eigenvalue weighted by atomic mass is 32.2. The number of aromatic amines is 1. The molecule has 0 spiro atoms. The first-order valence-corrected chi connectivity index (χ1v) is 9.21. The second-order valence-electron chi connectivity index (χ2n) is 5.22. The van der Waals surface area contributed by atoms with Crippen molar-refractivity contribution in [2.45, 2.75) is 36.4 Å². The van der Waals surface area contributed by atoms with Gasteiger partial charge in [0.2, 0.25) is 5.13 Å². The van der Waals surface area contributed by atoms with Gasteiger partial charge in [0.15, 0.2) is 15.5 Å². The van der Waals surface area contributed by atoms with Gasteiger partial charge >= 0.3 is 5.69 Å². The van der Waals surface area contributed by atoms with Crippen LogP contribution in [0.2, 0.25) is 0 Å². The van der Waals surface area contributed by atoms with Gasteiger partial charge in [0.25, 0.3) is 5.56 Å². The van der Waals surface area contributed by atoms with Gasteiger partial charge in [-0.3, -0.25) is 14.3 Å². The van der Waals surface area contributed by atoms with Gasteiger partial charge in [-0.05, 0) is 6.42 Å². The largest absolute Gasteiger partial charge is 0.374 e. The van der Waals surface area contributed by atoms with Crippen molar-refractivity contribution in [3.05, 3.63) is 26.7 Å². The number of H-pyrrole nitrogens is 1. The molecule has 128 valence electrons. The molecule has 0 fully saturated rings. The van der Waals surface area contributed by atoms with Gasteiger partial charge in [-0.15, -0.1) is 10.2 Å². The van der Waals surface area contributed by atoms with Gasteiger partial charge in [0.1, 0.15) is 5.82 Å². The number of nitrogens with two attached hydrogens (primary N) is 1. The van der Waals surface area contributed by atoms with E-state index in [2.05, 4.69) is 20.2 Å². The summed E-state index contributed by atoms with van der Waals surface area (Å²) >= 11 is 2.74. The zero-order valence-electron chi connectivity index (χ0n) is 13.3. The average Bonchev–Trinajstić information content (AvgIpc) is 3.09. The van der Waals surface area contributed by atoms with Crippen LogP contribution >= 0.6 is 23.1 Å². The van der Waals surface area contributed by atoms with E-state index >= 15 is 0 Å². The first-order valence-electron chi connectivity index (χ1n) is 7.41. The summed E-state index contributed by atoms with van der Waals surface area (Å²) in [5.74, 6) is 1.19. The zero-order chi connectivity index (χ0) is 17.3. The number of anilines is 1. The number of imidazole rings is 1. The van der Waals surface area contributed by atoms with E-state index in [1.807, 2.05) is 6.92 Å². The SMILES string of the molecule is CCCCn1c(=O)[nH]c(=O)c2c1nc(CSc1nnc(N)s1)n2C. The second-order valence-corrected chi connectivity index (χ2v) is 7.45. The van der Waals surface area contributed by atoms with Crippen molar-refractivity contribution in [3.63, 3.8) is 0 Å². The minimum absolute atomic E-state index is 0.401. The van der Waals surface area contributed by atoms with Gasteiger partial charge in [0.05, 0.1) is 5.75 Å². The van der Waals surface area contributed by atoms with Crippen molar-refractivity contribution < 1.29 is 0 Å². The lowest BCUT2D eigenvalue weighted by Crippen LogP contribution is -2.31. The summed E-state index contributed by atoms with van der Waals surface area (Å²) in [5, 5.41) is 8.13. The Morgan fingerprint density at radius 3 is 2.79 bits per heavy atom. The molecule has 0 aliphatic carbocycles. The minimum Gasteiger partial charge on any atom is -0.374 e. The normalized spacial score (nSPS) is 11.4. The van der Waals surface area contributed by atoms with Crippen LogP contribution in [0.5, 0.6) is 0 Å². The Balaban J connectivity index is 2.00. The molecule has 0 radical (unpaired) electrons. The van der Waals surface area contributed by atoms with Crippen LogP contribution in [0.15, 0.2) is 13.9 Å². The van der Waals surface area contributed by atoms with E-state index in [0.717, 1.165) is 17.2 Å². The van der Waals surface area contributed by atoms with Crippen LogP contribution in [0.1, 0.15) is 25.6 Å². The van der Waals surface area contributed by atoms with Crippen molar-refractivity contribution >= 4 is 39.4 Å². The lowest BCUT2D eigenvalue weighted by molar-refractivity contribution is 0.613. The summed E-state index contributed by atoms with van der Waals surface area (Å²) in [5.41, 5.74) is 5.55. The van der Waals surface area contributed by atoms with Gasteiger partial charge < -0.3 is 10.3 Å². The summed E-state index contributed by atoms with van der Waals surface area (Å²) in [6, 6.07) is 0. The van der Waals surface area contributed by atoms with Crippen molar-refractivity contribution in [1.29, 1.82) is 0 Å². The number of aromatic nitrogens is 6. The molecule has 3 aromatic heterocycles. The molecule has 3 aromatic rings. The van der Waals surface area contributed by atoms with Crippen LogP contribution in [0.25, 0.3) is 11.2 Å². The smallest absolute Gasteiger partial charge is 0.330 e. The van der Waals surface area contributed by atoms with Crippen LogP contribution in [0.4, 0.5) is 5.13 Å². The number of hydrogen-bond donors (Lipinski definition) is 2. The van der Waals surface area contributed by atoms with Gasteiger partial charge in [-0.25, -0.2) is 9.78 Å². The zero-order valence-corrected chi connectivity index (χ0v) is 14.9. The highest BCUT2D eigenvalue weighted by Crippen LogP contribution is 2.27.